The highest BCUT2D eigenvalue weighted by molar-refractivity contribution is 7.14. The maximum Gasteiger partial charge on any atom is 0.307 e. The minimum Gasteiger partial charge on any atom is -0.497 e. The van der Waals surface area contributed by atoms with Gasteiger partial charge in [-0.1, -0.05) is 12.2 Å². The zero-order valence-electron chi connectivity index (χ0n) is 13.6. The average molecular weight is 358 g/mol. The van der Waals surface area contributed by atoms with E-state index in [2.05, 4.69) is 10.3 Å². The van der Waals surface area contributed by atoms with Crippen LogP contribution >= 0.6 is 11.3 Å². The number of thiazole rings is 1. The largest absolute Gasteiger partial charge is 0.497 e. The molecule has 2 aromatic rings. The van der Waals surface area contributed by atoms with Gasteiger partial charge in [-0.2, -0.15) is 0 Å². The summed E-state index contributed by atoms with van der Waals surface area (Å²) in [6, 6.07) is 7.48. The van der Waals surface area contributed by atoms with Crippen LogP contribution in [0.2, 0.25) is 0 Å². The summed E-state index contributed by atoms with van der Waals surface area (Å²) < 4.78 is 5.13. The van der Waals surface area contributed by atoms with Crippen LogP contribution in [0.3, 0.4) is 0 Å². The molecule has 1 aromatic heterocycles. The summed E-state index contributed by atoms with van der Waals surface area (Å²) in [5.41, 5.74) is 1.67. The number of carbonyl (C=O) groups excluding carboxylic acids is 1. The summed E-state index contributed by atoms with van der Waals surface area (Å²) in [6.07, 6.45) is 4.48. The Morgan fingerprint density at radius 1 is 1.20 bits per heavy atom. The first kappa shape index (κ1) is 17.2. The summed E-state index contributed by atoms with van der Waals surface area (Å²) >= 11 is 1.32. The van der Waals surface area contributed by atoms with Gasteiger partial charge in [0, 0.05) is 10.9 Å². The first-order valence-electron chi connectivity index (χ1n) is 7.87. The van der Waals surface area contributed by atoms with E-state index in [1.807, 2.05) is 41.8 Å². The predicted octanol–water partition coefficient (Wildman–Crippen LogP) is 3.42. The fraction of sp³-hybridized carbons (Fsp3) is 0.278. The average Bonchev–Trinajstić information content (AvgIpc) is 3.10. The van der Waals surface area contributed by atoms with Gasteiger partial charge < -0.3 is 15.2 Å². The van der Waals surface area contributed by atoms with E-state index in [0.29, 0.717) is 18.0 Å². The number of carboxylic acids is 1. The summed E-state index contributed by atoms with van der Waals surface area (Å²) in [4.78, 5) is 28.2. The molecule has 2 N–H and O–H groups in total. The topological polar surface area (TPSA) is 88.5 Å². The van der Waals surface area contributed by atoms with Crippen molar-refractivity contribution in [1.29, 1.82) is 0 Å². The molecular weight excluding hydrogens is 340 g/mol. The Labute approximate surface area is 149 Å². The summed E-state index contributed by atoms with van der Waals surface area (Å²) in [7, 11) is 1.61. The number of nitrogens with zero attached hydrogens (tertiary/aromatic N) is 1. The molecule has 1 amide bonds. The lowest BCUT2D eigenvalue weighted by Gasteiger charge is -2.23. The number of methoxy groups -OCH3 is 1. The van der Waals surface area contributed by atoms with Crippen LogP contribution in [0.25, 0.3) is 11.3 Å². The quantitative estimate of drug-likeness (QED) is 0.800. The number of aromatic nitrogens is 1. The Morgan fingerprint density at radius 2 is 1.88 bits per heavy atom. The molecule has 25 heavy (non-hydrogen) atoms. The predicted molar refractivity (Wildman–Crippen MR) is 95.7 cm³/mol. The highest BCUT2D eigenvalue weighted by Crippen LogP contribution is 2.30. The van der Waals surface area contributed by atoms with Crippen molar-refractivity contribution in [2.75, 3.05) is 12.4 Å². The number of hydrogen-bond donors (Lipinski definition) is 2. The van der Waals surface area contributed by atoms with Crippen LogP contribution in [0.15, 0.2) is 41.8 Å². The molecule has 0 spiro atoms. The van der Waals surface area contributed by atoms with Crippen molar-refractivity contribution >= 4 is 28.3 Å². The fourth-order valence-electron chi connectivity index (χ4n) is 2.80. The standard InChI is InChI=1S/C18H18N2O4S/c1-24-12-8-6-11(7-9-12)15-10-25-18(19-15)20-16(21)13-4-2-3-5-14(13)17(22)23/h2-3,6-10,13-14H,4-5H2,1H3,(H,22,23)(H,19,20,21)/t13-,14-/m0/s1. The minimum atomic E-state index is -0.942. The van der Waals surface area contributed by atoms with E-state index in [1.165, 1.54) is 11.3 Å². The normalized spacial score (nSPS) is 19.4. The van der Waals surface area contributed by atoms with Gasteiger partial charge in [0.05, 0.1) is 24.6 Å². The summed E-state index contributed by atoms with van der Waals surface area (Å²) in [5.74, 6) is -1.74. The number of allylic oxidation sites excluding steroid dienone is 2. The molecule has 0 unspecified atom stereocenters. The lowest BCUT2D eigenvalue weighted by molar-refractivity contribution is -0.146. The van der Waals surface area contributed by atoms with Gasteiger partial charge in [0.2, 0.25) is 5.91 Å². The van der Waals surface area contributed by atoms with Gasteiger partial charge >= 0.3 is 5.97 Å². The number of amides is 1. The van der Waals surface area contributed by atoms with Crippen molar-refractivity contribution in [3.05, 3.63) is 41.8 Å². The van der Waals surface area contributed by atoms with Crippen LogP contribution in [0.4, 0.5) is 5.13 Å². The fourth-order valence-corrected chi connectivity index (χ4v) is 3.52. The summed E-state index contributed by atoms with van der Waals surface area (Å²) in [5, 5.41) is 14.4. The van der Waals surface area contributed by atoms with Gasteiger partial charge in [0.1, 0.15) is 5.75 Å². The van der Waals surface area contributed by atoms with Crippen LogP contribution in [0.5, 0.6) is 5.75 Å². The number of carboxylic acid groups (broad SMARTS) is 1. The van der Waals surface area contributed by atoms with Crippen LogP contribution in [-0.2, 0) is 9.59 Å². The van der Waals surface area contributed by atoms with E-state index < -0.39 is 17.8 Å². The Kier molecular flexibility index (Phi) is 5.14. The molecule has 0 aliphatic heterocycles. The molecule has 0 saturated heterocycles. The van der Waals surface area contributed by atoms with Crippen LogP contribution in [0, 0.1) is 11.8 Å². The summed E-state index contributed by atoms with van der Waals surface area (Å²) in [6.45, 7) is 0. The van der Waals surface area contributed by atoms with Crippen molar-refractivity contribution in [2.45, 2.75) is 12.8 Å². The molecule has 7 heteroatoms. The van der Waals surface area contributed by atoms with Crippen molar-refractivity contribution in [1.82, 2.24) is 4.98 Å². The highest BCUT2D eigenvalue weighted by Gasteiger charge is 2.34. The molecule has 1 heterocycles. The van der Waals surface area contributed by atoms with E-state index in [0.717, 1.165) is 17.0 Å². The second kappa shape index (κ2) is 7.48. The van der Waals surface area contributed by atoms with Crippen LogP contribution in [-0.4, -0.2) is 29.1 Å². The molecule has 6 nitrogen and oxygen atoms in total. The monoisotopic (exact) mass is 358 g/mol. The zero-order valence-corrected chi connectivity index (χ0v) is 14.5. The minimum absolute atomic E-state index is 0.299. The molecule has 1 aromatic carbocycles. The van der Waals surface area contributed by atoms with E-state index in [9.17, 15) is 14.7 Å². The first-order chi connectivity index (χ1) is 12.1. The van der Waals surface area contributed by atoms with E-state index >= 15 is 0 Å². The van der Waals surface area contributed by atoms with Crippen molar-refractivity contribution in [3.8, 4) is 17.0 Å². The molecule has 1 aliphatic rings. The Bertz CT molecular complexity index is 798. The van der Waals surface area contributed by atoms with Gasteiger partial charge in [-0.25, -0.2) is 4.98 Å². The van der Waals surface area contributed by atoms with E-state index in [1.54, 1.807) is 7.11 Å². The van der Waals surface area contributed by atoms with Gasteiger partial charge in [0.15, 0.2) is 5.13 Å². The van der Waals surface area contributed by atoms with Crippen molar-refractivity contribution < 1.29 is 19.4 Å². The molecular formula is C18H18N2O4S. The third-order valence-corrected chi connectivity index (χ3v) is 4.96. The number of aliphatic carboxylic acids is 1. The second-order valence-electron chi connectivity index (χ2n) is 5.75. The van der Waals surface area contributed by atoms with Gasteiger partial charge in [-0.3, -0.25) is 9.59 Å². The molecule has 2 atom stereocenters. The Hall–Kier alpha value is -2.67. The zero-order chi connectivity index (χ0) is 17.8. The molecule has 0 bridgehead atoms. The molecule has 130 valence electrons. The molecule has 1 aliphatic carbocycles. The molecule has 0 saturated carbocycles. The van der Waals surface area contributed by atoms with Crippen molar-refractivity contribution in [2.24, 2.45) is 11.8 Å². The number of anilines is 1. The smallest absolute Gasteiger partial charge is 0.307 e. The third kappa shape index (κ3) is 3.88. The van der Waals surface area contributed by atoms with Gasteiger partial charge in [-0.05, 0) is 37.1 Å². The number of rotatable bonds is 5. The maximum absolute atomic E-state index is 12.5. The lowest BCUT2D eigenvalue weighted by Crippen LogP contribution is -2.34. The van der Waals surface area contributed by atoms with Crippen molar-refractivity contribution in [3.63, 3.8) is 0 Å². The SMILES string of the molecule is COc1ccc(-c2csc(NC(=O)[C@H]3CC=CC[C@@H]3C(=O)O)n2)cc1. The number of hydrogen-bond acceptors (Lipinski definition) is 5. The first-order valence-corrected chi connectivity index (χ1v) is 8.75. The lowest BCUT2D eigenvalue weighted by atomic mass is 9.82. The third-order valence-electron chi connectivity index (χ3n) is 4.21. The number of carbonyl (C=O) groups is 2. The van der Waals surface area contributed by atoms with Gasteiger partial charge in [-0.15, -0.1) is 11.3 Å². The number of nitrogens with one attached hydrogen (secondary N) is 1. The second-order valence-corrected chi connectivity index (χ2v) is 6.61. The Morgan fingerprint density at radius 3 is 2.52 bits per heavy atom. The number of benzene rings is 1. The molecule has 0 fully saturated rings. The van der Waals surface area contributed by atoms with E-state index in [4.69, 9.17) is 4.74 Å². The van der Waals surface area contributed by atoms with Gasteiger partial charge in [0.25, 0.3) is 0 Å². The maximum atomic E-state index is 12.5. The highest BCUT2D eigenvalue weighted by atomic mass is 32.1. The number of ether oxygens (including phenoxy) is 1. The molecule has 0 radical (unpaired) electrons. The van der Waals surface area contributed by atoms with Crippen LogP contribution in [0.1, 0.15) is 12.8 Å². The van der Waals surface area contributed by atoms with E-state index in [-0.39, 0.29) is 5.91 Å². The Balaban J connectivity index is 1.71. The van der Waals surface area contributed by atoms with Crippen LogP contribution < -0.4 is 10.1 Å². The molecule has 3 rings (SSSR count).